The Balaban J connectivity index is 1.52. The fourth-order valence-corrected chi connectivity index (χ4v) is 4.36. The second-order valence-electron chi connectivity index (χ2n) is 8.79. The van der Waals surface area contributed by atoms with Gasteiger partial charge in [0.05, 0.1) is 32.5 Å². The molecule has 4 rings (SSSR count). The molecular weight excluding hydrogens is 408 g/mol. The van der Waals surface area contributed by atoms with E-state index in [1.54, 1.807) is 0 Å². The summed E-state index contributed by atoms with van der Waals surface area (Å²) in [5.74, 6) is 0. The van der Waals surface area contributed by atoms with Crippen molar-refractivity contribution in [3.05, 3.63) is 101 Å². The van der Waals surface area contributed by atoms with E-state index in [4.69, 9.17) is 9.47 Å². The number of hydrogen-bond acceptors (Lipinski definition) is 4. The fourth-order valence-electron chi connectivity index (χ4n) is 4.36. The minimum absolute atomic E-state index is 0.263. The fraction of sp³-hybridized carbons (Fsp3) is 0.379. The van der Waals surface area contributed by atoms with Crippen LogP contribution in [0.1, 0.15) is 28.3 Å². The number of ether oxygens (including phenoxy) is 2. The van der Waals surface area contributed by atoms with E-state index in [1.807, 2.05) is 0 Å². The summed E-state index contributed by atoms with van der Waals surface area (Å²) in [4.78, 5) is 4.92. The molecule has 2 aliphatic heterocycles. The van der Waals surface area contributed by atoms with Gasteiger partial charge in [-0.1, -0.05) is 84.0 Å². The largest absolute Gasteiger partial charge is 0.379 e. The minimum Gasteiger partial charge on any atom is -0.379 e. The first kappa shape index (κ1) is 23.5. The van der Waals surface area contributed by atoms with Crippen LogP contribution in [0.2, 0.25) is 0 Å². The molecule has 0 bridgehead atoms. The number of hydrogen-bond donors (Lipinski definition) is 0. The average molecular weight is 445 g/mol. The maximum atomic E-state index is 5.58. The highest BCUT2D eigenvalue weighted by Crippen LogP contribution is 2.24. The van der Waals surface area contributed by atoms with E-state index in [9.17, 15) is 0 Å². The van der Waals surface area contributed by atoms with Gasteiger partial charge in [0.1, 0.15) is 0 Å². The molecule has 0 aromatic heterocycles. The predicted octanol–water partition coefficient (Wildman–Crippen LogP) is 5.16. The van der Waals surface area contributed by atoms with Crippen molar-refractivity contribution < 1.29 is 9.47 Å². The summed E-state index contributed by atoms with van der Waals surface area (Å²) < 4.78 is 11.1. The second kappa shape index (κ2) is 12.0. The van der Waals surface area contributed by atoms with Gasteiger partial charge in [-0.3, -0.25) is 4.90 Å². The second-order valence-corrected chi connectivity index (χ2v) is 8.79. The number of nitrogens with zero attached hydrogens (tertiary/aromatic N) is 2. The molecule has 2 aliphatic rings. The molecule has 1 atom stereocenters. The lowest BCUT2D eigenvalue weighted by Crippen LogP contribution is -2.38. The highest BCUT2D eigenvalue weighted by atomic mass is 16.5. The number of allylic oxidation sites excluding steroid dienone is 4. The summed E-state index contributed by atoms with van der Waals surface area (Å²) in [6.45, 7) is 11.2. The van der Waals surface area contributed by atoms with Gasteiger partial charge in [-0.25, -0.2) is 0 Å². The molecule has 4 nitrogen and oxygen atoms in total. The standard InChI is InChI=1S/C29H36N2O2/c1-24-8-12-26(13-9-24)28(30-16-20-32-21-17-30)6-4-3-5-7-29(31-18-22-33-23-19-31)27-14-10-25(2)11-15-27/h3-15,28H,16-23H2,1-2H3. The predicted molar refractivity (Wildman–Crippen MR) is 136 cm³/mol. The number of benzene rings is 2. The molecule has 2 aromatic rings. The van der Waals surface area contributed by atoms with Crippen LogP contribution >= 0.6 is 0 Å². The molecule has 0 aliphatic carbocycles. The molecule has 1 unspecified atom stereocenters. The third-order valence-electron chi connectivity index (χ3n) is 6.33. The van der Waals surface area contributed by atoms with Crippen LogP contribution in [0.5, 0.6) is 0 Å². The highest BCUT2D eigenvalue weighted by molar-refractivity contribution is 5.66. The Morgan fingerprint density at radius 1 is 0.727 bits per heavy atom. The van der Waals surface area contributed by atoms with Gasteiger partial charge in [0.2, 0.25) is 0 Å². The molecule has 2 fully saturated rings. The first-order valence-corrected chi connectivity index (χ1v) is 12.0. The van der Waals surface area contributed by atoms with Crippen molar-refractivity contribution in [2.24, 2.45) is 0 Å². The van der Waals surface area contributed by atoms with Gasteiger partial charge in [0, 0.05) is 31.9 Å². The van der Waals surface area contributed by atoms with Gasteiger partial charge in [0.15, 0.2) is 0 Å². The molecule has 2 saturated heterocycles. The molecule has 4 heteroatoms. The van der Waals surface area contributed by atoms with Crippen LogP contribution in [0.15, 0.2) is 78.9 Å². The Morgan fingerprint density at radius 2 is 1.30 bits per heavy atom. The molecule has 174 valence electrons. The lowest BCUT2D eigenvalue weighted by molar-refractivity contribution is 0.0253. The first-order chi connectivity index (χ1) is 16.2. The zero-order valence-corrected chi connectivity index (χ0v) is 20.0. The monoisotopic (exact) mass is 444 g/mol. The van der Waals surface area contributed by atoms with Crippen LogP contribution in [0.4, 0.5) is 0 Å². The van der Waals surface area contributed by atoms with Crippen molar-refractivity contribution in [3.8, 4) is 0 Å². The molecule has 0 saturated carbocycles. The van der Waals surface area contributed by atoms with Gasteiger partial charge in [-0.2, -0.15) is 0 Å². The zero-order valence-electron chi connectivity index (χ0n) is 20.0. The Bertz CT molecular complexity index is 948. The van der Waals surface area contributed by atoms with Crippen molar-refractivity contribution in [3.63, 3.8) is 0 Å². The SMILES string of the molecule is Cc1ccc(C(=CC=CC=CC(c2ccc(C)cc2)N2CCOCC2)N2CCOCC2)cc1. The van der Waals surface area contributed by atoms with E-state index in [0.717, 1.165) is 52.6 Å². The van der Waals surface area contributed by atoms with Crippen molar-refractivity contribution in [1.29, 1.82) is 0 Å². The third-order valence-corrected chi connectivity index (χ3v) is 6.33. The van der Waals surface area contributed by atoms with Gasteiger partial charge in [-0.05, 0) is 31.1 Å². The van der Waals surface area contributed by atoms with Crippen molar-refractivity contribution in [2.45, 2.75) is 19.9 Å². The lowest BCUT2D eigenvalue weighted by Gasteiger charge is -2.33. The smallest absolute Gasteiger partial charge is 0.0642 e. The molecule has 0 radical (unpaired) electrons. The molecule has 0 spiro atoms. The summed E-state index contributed by atoms with van der Waals surface area (Å²) in [7, 11) is 0. The molecule has 33 heavy (non-hydrogen) atoms. The maximum Gasteiger partial charge on any atom is 0.0642 e. The van der Waals surface area contributed by atoms with E-state index >= 15 is 0 Å². The van der Waals surface area contributed by atoms with Gasteiger partial charge in [0.25, 0.3) is 0 Å². The van der Waals surface area contributed by atoms with Crippen LogP contribution in [0, 0.1) is 13.8 Å². The van der Waals surface area contributed by atoms with Crippen molar-refractivity contribution >= 4 is 5.70 Å². The minimum atomic E-state index is 0.263. The normalized spacial score (nSPS) is 19.5. The highest BCUT2D eigenvalue weighted by Gasteiger charge is 2.20. The van der Waals surface area contributed by atoms with E-state index < -0.39 is 0 Å². The van der Waals surface area contributed by atoms with Crippen LogP contribution in [-0.4, -0.2) is 62.4 Å². The Hall–Kier alpha value is -2.66. The van der Waals surface area contributed by atoms with Gasteiger partial charge in [-0.15, -0.1) is 0 Å². The quantitative estimate of drug-likeness (QED) is 0.551. The maximum absolute atomic E-state index is 5.58. The summed E-state index contributed by atoms with van der Waals surface area (Å²) in [6.07, 6.45) is 11.0. The first-order valence-electron chi connectivity index (χ1n) is 12.0. The Labute approximate surface area is 198 Å². The van der Waals surface area contributed by atoms with Crippen molar-refractivity contribution in [1.82, 2.24) is 9.80 Å². The molecule has 2 heterocycles. The van der Waals surface area contributed by atoms with Crippen LogP contribution in [0.3, 0.4) is 0 Å². The van der Waals surface area contributed by atoms with Crippen LogP contribution < -0.4 is 0 Å². The average Bonchev–Trinajstić information content (AvgIpc) is 2.86. The van der Waals surface area contributed by atoms with Gasteiger partial charge >= 0.3 is 0 Å². The summed E-state index contributed by atoms with van der Waals surface area (Å²) in [6, 6.07) is 18.0. The number of rotatable bonds is 7. The van der Waals surface area contributed by atoms with E-state index in [0.29, 0.717) is 0 Å². The van der Waals surface area contributed by atoms with Gasteiger partial charge < -0.3 is 14.4 Å². The molecule has 0 amide bonds. The van der Waals surface area contributed by atoms with Crippen molar-refractivity contribution in [2.75, 3.05) is 52.6 Å². The summed E-state index contributed by atoms with van der Waals surface area (Å²) in [5.41, 5.74) is 6.41. The Kier molecular flexibility index (Phi) is 8.53. The number of morpholine rings is 2. The van der Waals surface area contributed by atoms with E-state index in [2.05, 4.69) is 103 Å². The summed E-state index contributed by atoms with van der Waals surface area (Å²) in [5, 5.41) is 0. The zero-order chi connectivity index (χ0) is 22.9. The third kappa shape index (κ3) is 6.67. The molecule has 0 N–H and O–H groups in total. The van der Waals surface area contributed by atoms with E-state index in [1.165, 1.54) is 28.0 Å². The number of aryl methyl sites for hydroxylation is 2. The lowest BCUT2D eigenvalue weighted by atomic mass is 10.0. The van der Waals surface area contributed by atoms with Crippen LogP contribution in [0.25, 0.3) is 5.70 Å². The molecular formula is C29H36N2O2. The van der Waals surface area contributed by atoms with Crippen LogP contribution in [-0.2, 0) is 9.47 Å². The topological polar surface area (TPSA) is 24.9 Å². The Morgan fingerprint density at radius 3 is 1.94 bits per heavy atom. The van der Waals surface area contributed by atoms with E-state index in [-0.39, 0.29) is 6.04 Å². The molecule has 2 aromatic carbocycles. The summed E-state index contributed by atoms with van der Waals surface area (Å²) >= 11 is 0.